The fourth-order valence-electron chi connectivity index (χ4n) is 1.35. The molecule has 0 radical (unpaired) electrons. The molecular formula is C10H22N2O3S. The summed E-state index contributed by atoms with van der Waals surface area (Å²) in [4.78, 5) is 12.9. The molecule has 0 heterocycles. The average Bonchev–Trinajstić information content (AvgIpc) is 2.13. The van der Waals surface area contributed by atoms with Crippen LogP contribution in [0.4, 0.5) is 0 Å². The predicted octanol–water partition coefficient (Wildman–Crippen LogP) is 0.574. The lowest BCUT2D eigenvalue weighted by atomic mass is 10.2. The molecule has 0 unspecified atom stereocenters. The van der Waals surface area contributed by atoms with Crippen molar-refractivity contribution in [1.29, 1.82) is 0 Å². The van der Waals surface area contributed by atoms with Gasteiger partial charge in [0.15, 0.2) is 0 Å². The van der Waals surface area contributed by atoms with E-state index in [0.29, 0.717) is 13.1 Å². The molecule has 0 fully saturated rings. The van der Waals surface area contributed by atoms with Gasteiger partial charge in [-0.2, -0.15) is 0 Å². The number of hydrogen-bond donors (Lipinski definition) is 1. The van der Waals surface area contributed by atoms with Crippen LogP contribution >= 0.6 is 0 Å². The van der Waals surface area contributed by atoms with E-state index in [1.54, 1.807) is 4.90 Å². The molecule has 0 spiro atoms. The number of amides is 1. The molecule has 0 aromatic rings. The lowest BCUT2D eigenvalue weighted by Gasteiger charge is -2.20. The van der Waals surface area contributed by atoms with E-state index < -0.39 is 10.0 Å². The summed E-state index contributed by atoms with van der Waals surface area (Å²) in [5.41, 5.74) is 0. The summed E-state index contributed by atoms with van der Waals surface area (Å²) < 4.78 is 24.0. The predicted molar refractivity (Wildman–Crippen MR) is 64.6 cm³/mol. The second kappa shape index (κ2) is 7.62. The topological polar surface area (TPSA) is 66.5 Å². The first-order valence-corrected chi connectivity index (χ1v) is 7.46. The van der Waals surface area contributed by atoms with Crippen LogP contribution in [-0.2, 0) is 14.8 Å². The Morgan fingerprint density at radius 1 is 1.25 bits per heavy atom. The smallest absolute Gasteiger partial charge is 0.219 e. The van der Waals surface area contributed by atoms with Crippen molar-refractivity contribution in [2.24, 2.45) is 0 Å². The zero-order valence-corrected chi connectivity index (χ0v) is 11.1. The van der Waals surface area contributed by atoms with E-state index in [-0.39, 0.29) is 12.5 Å². The summed E-state index contributed by atoms with van der Waals surface area (Å²) in [5, 5.41) is 0. The minimum Gasteiger partial charge on any atom is -0.342 e. The van der Waals surface area contributed by atoms with Crippen LogP contribution in [0.2, 0.25) is 0 Å². The van der Waals surface area contributed by atoms with Crippen molar-refractivity contribution in [3.05, 3.63) is 0 Å². The second-order valence-electron chi connectivity index (χ2n) is 3.88. The molecule has 0 saturated carbocycles. The van der Waals surface area contributed by atoms with E-state index >= 15 is 0 Å². The number of carbonyl (C=O) groups is 1. The van der Waals surface area contributed by atoms with Crippen LogP contribution in [0.5, 0.6) is 0 Å². The maximum atomic E-state index is 11.2. The Labute approximate surface area is 98.3 Å². The fourth-order valence-corrected chi connectivity index (χ4v) is 1.81. The molecule has 0 aromatic carbocycles. The third kappa shape index (κ3) is 8.67. The number of sulfonamides is 1. The standard InChI is InChI=1S/C10H22N2O3S/c1-4-5-6-8-12(10(2)13)9-7-11-16(3,14)15/h11H,4-9H2,1-3H3. The SMILES string of the molecule is CCCCCN(CCNS(C)(=O)=O)C(C)=O. The van der Waals surface area contributed by atoms with Gasteiger partial charge in [-0.3, -0.25) is 4.79 Å². The largest absolute Gasteiger partial charge is 0.342 e. The van der Waals surface area contributed by atoms with Gasteiger partial charge in [-0.15, -0.1) is 0 Å². The van der Waals surface area contributed by atoms with E-state index in [0.717, 1.165) is 25.5 Å². The molecule has 0 bridgehead atoms. The number of nitrogens with zero attached hydrogens (tertiary/aromatic N) is 1. The lowest BCUT2D eigenvalue weighted by Crippen LogP contribution is -2.37. The molecule has 0 aliphatic carbocycles. The minimum absolute atomic E-state index is 0.00796. The van der Waals surface area contributed by atoms with Crippen LogP contribution in [0.15, 0.2) is 0 Å². The minimum atomic E-state index is -3.16. The molecule has 0 saturated heterocycles. The first kappa shape index (κ1) is 15.4. The van der Waals surface area contributed by atoms with E-state index in [4.69, 9.17) is 0 Å². The van der Waals surface area contributed by atoms with Crippen LogP contribution in [0.1, 0.15) is 33.1 Å². The van der Waals surface area contributed by atoms with Gasteiger partial charge in [-0.25, -0.2) is 13.1 Å². The highest BCUT2D eigenvalue weighted by Gasteiger charge is 2.08. The molecule has 1 amide bonds. The summed E-state index contributed by atoms with van der Waals surface area (Å²) in [7, 11) is -3.16. The van der Waals surface area contributed by atoms with Crippen LogP contribution < -0.4 is 4.72 Å². The van der Waals surface area contributed by atoms with Crippen LogP contribution in [0, 0.1) is 0 Å². The Morgan fingerprint density at radius 2 is 1.88 bits per heavy atom. The fraction of sp³-hybridized carbons (Fsp3) is 0.900. The molecule has 5 nitrogen and oxygen atoms in total. The van der Waals surface area contributed by atoms with E-state index in [1.807, 2.05) is 0 Å². The Balaban J connectivity index is 3.90. The van der Waals surface area contributed by atoms with Crippen molar-refractivity contribution >= 4 is 15.9 Å². The molecule has 0 aliphatic rings. The first-order chi connectivity index (χ1) is 7.37. The number of hydrogen-bond acceptors (Lipinski definition) is 3. The molecular weight excluding hydrogens is 228 g/mol. The normalized spacial score (nSPS) is 11.4. The van der Waals surface area contributed by atoms with Gasteiger partial charge in [-0.1, -0.05) is 19.8 Å². The van der Waals surface area contributed by atoms with Gasteiger partial charge >= 0.3 is 0 Å². The summed E-state index contributed by atoms with van der Waals surface area (Å²) >= 11 is 0. The Hall–Kier alpha value is -0.620. The van der Waals surface area contributed by atoms with Crippen molar-refractivity contribution in [3.8, 4) is 0 Å². The summed E-state index contributed by atoms with van der Waals surface area (Å²) in [5.74, 6) is -0.00796. The highest BCUT2D eigenvalue weighted by atomic mass is 32.2. The molecule has 0 atom stereocenters. The Kier molecular flexibility index (Phi) is 7.33. The van der Waals surface area contributed by atoms with Crippen molar-refractivity contribution < 1.29 is 13.2 Å². The van der Waals surface area contributed by atoms with Gasteiger partial charge < -0.3 is 4.90 Å². The highest BCUT2D eigenvalue weighted by Crippen LogP contribution is 1.98. The third-order valence-corrected chi connectivity index (χ3v) is 2.95. The highest BCUT2D eigenvalue weighted by molar-refractivity contribution is 7.88. The van der Waals surface area contributed by atoms with E-state index in [9.17, 15) is 13.2 Å². The maximum Gasteiger partial charge on any atom is 0.219 e. The molecule has 1 N–H and O–H groups in total. The molecule has 16 heavy (non-hydrogen) atoms. The summed E-state index contributed by atoms with van der Waals surface area (Å²) in [6, 6.07) is 0. The van der Waals surface area contributed by atoms with Crippen LogP contribution in [-0.4, -0.2) is 45.1 Å². The van der Waals surface area contributed by atoms with Gasteiger partial charge in [0.05, 0.1) is 6.26 Å². The van der Waals surface area contributed by atoms with Gasteiger partial charge in [-0.05, 0) is 6.42 Å². The maximum absolute atomic E-state index is 11.2. The quantitative estimate of drug-likeness (QED) is 0.641. The molecule has 0 aromatic heterocycles. The molecule has 0 aliphatic heterocycles. The van der Waals surface area contributed by atoms with Gasteiger partial charge in [0, 0.05) is 26.6 Å². The lowest BCUT2D eigenvalue weighted by molar-refractivity contribution is -0.128. The second-order valence-corrected chi connectivity index (χ2v) is 5.71. The van der Waals surface area contributed by atoms with Crippen molar-refractivity contribution in [2.75, 3.05) is 25.9 Å². The molecule has 0 rings (SSSR count). The van der Waals surface area contributed by atoms with Gasteiger partial charge in [0.1, 0.15) is 0 Å². The Bertz CT molecular complexity index is 301. The van der Waals surface area contributed by atoms with Crippen LogP contribution in [0.25, 0.3) is 0 Å². The zero-order valence-electron chi connectivity index (χ0n) is 10.3. The van der Waals surface area contributed by atoms with E-state index in [1.165, 1.54) is 6.92 Å². The van der Waals surface area contributed by atoms with E-state index in [2.05, 4.69) is 11.6 Å². The number of unbranched alkanes of at least 4 members (excludes halogenated alkanes) is 2. The molecule has 96 valence electrons. The van der Waals surface area contributed by atoms with Crippen LogP contribution in [0.3, 0.4) is 0 Å². The first-order valence-electron chi connectivity index (χ1n) is 5.57. The number of carbonyl (C=O) groups excluding carboxylic acids is 1. The average molecular weight is 250 g/mol. The molecule has 6 heteroatoms. The summed E-state index contributed by atoms with van der Waals surface area (Å²) in [6.45, 7) is 5.03. The van der Waals surface area contributed by atoms with Crippen molar-refractivity contribution in [1.82, 2.24) is 9.62 Å². The van der Waals surface area contributed by atoms with Gasteiger partial charge in [0.2, 0.25) is 15.9 Å². The third-order valence-electron chi connectivity index (χ3n) is 2.22. The summed E-state index contributed by atoms with van der Waals surface area (Å²) in [6.07, 6.45) is 4.27. The zero-order chi connectivity index (χ0) is 12.6. The number of rotatable bonds is 8. The Morgan fingerprint density at radius 3 is 2.31 bits per heavy atom. The monoisotopic (exact) mass is 250 g/mol. The van der Waals surface area contributed by atoms with Crippen molar-refractivity contribution in [2.45, 2.75) is 33.1 Å². The number of nitrogens with one attached hydrogen (secondary N) is 1. The van der Waals surface area contributed by atoms with Crippen molar-refractivity contribution in [3.63, 3.8) is 0 Å². The van der Waals surface area contributed by atoms with Gasteiger partial charge in [0.25, 0.3) is 0 Å².